The van der Waals surface area contributed by atoms with Gasteiger partial charge in [-0.1, -0.05) is 32.6 Å². The van der Waals surface area contributed by atoms with Gasteiger partial charge >= 0.3 is 0 Å². The number of hydrogen-bond donors (Lipinski definition) is 1. The Labute approximate surface area is 110 Å². The van der Waals surface area contributed by atoms with Crippen LogP contribution in [0.5, 0.6) is 0 Å². The van der Waals surface area contributed by atoms with E-state index in [1.54, 1.807) is 7.11 Å². The molecule has 0 aliphatic rings. The summed E-state index contributed by atoms with van der Waals surface area (Å²) in [6, 6.07) is 0.0561. The van der Waals surface area contributed by atoms with Gasteiger partial charge in [0.15, 0.2) is 0 Å². The van der Waals surface area contributed by atoms with E-state index < -0.39 is 0 Å². The monoisotopic (exact) mass is 263 g/mol. The quantitative estimate of drug-likeness (QED) is 0.460. The highest BCUT2D eigenvalue weighted by atomic mass is 35.5. The summed E-state index contributed by atoms with van der Waals surface area (Å²) in [7, 11) is 1.64. The summed E-state index contributed by atoms with van der Waals surface area (Å²) in [6.07, 6.45) is 7.23. The fourth-order valence-corrected chi connectivity index (χ4v) is 1.98. The molecule has 0 aromatic heterocycles. The number of carbonyl (C=O) groups excluding carboxylic acids is 1. The molecule has 4 heteroatoms. The Morgan fingerprint density at radius 1 is 1.29 bits per heavy atom. The molecule has 0 aromatic rings. The molecule has 0 aliphatic carbocycles. The molecule has 1 atom stereocenters. The number of hydrogen-bond acceptors (Lipinski definition) is 2. The molecule has 0 spiro atoms. The zero-order valence-electron chi connectivity index (χ0n) is 11.1. The smallest absolute Gasteiger partial charge is 0.220 e. The van der Waals surface area contributed by atoms with Gasteiger partial charge in [0.2, 0.25) is 5.91 Å². The number of unbranched alkanes of at least 4 members (excludes halogenated alkanes) is 4. The Morgan fingerprint density at radius 3 is 2.59 bits per heavy atom. The predicted octanol–water partition coefficient (Wildman–Crippen LogP) is 3.11. The Morgan fingerprint density at radius 2 is 2.00 bits per heavy atom. The average molecular weight is 264 g/mol. The van der Waals surface area contributed by atoms with Gasteiger partial charge in [-0.2, -0.15) is 0 Å². The van der Waals surface area contributed by atoms with Gasteiger partial charge in [0.05, 0.1) is 12.6 Å². The number of rotatable bonds is 11. The largest absolute Gasteiger partial charge is 0.383 e. The minimum atomic E-state index is 0.0561. The van der Waals surface area contributed by atoms with Crippen LogP contribution < -0.4 is 5.32 Å². The maximum Gasteiger partial charge on any atom is 0.220 e. The van der Waals surface area contributed by atoms with Crippen molar-refractivity contribution in [2.75, 3.05) is 19.6 Å². The maximum absolute atomic E-state index is 11.6. The van der Waals surface area contributed by atoms with Gasteiger partial charge in [0.1, 0.15) is 0 Å². The summed E-state index contributed by atoms with van der Waals surface area (Å²) < 4.78 is 5.04. The van der Waals surface area contributed by atoms with Crippen LogP contribution in [0.1, 0.15) is 51.9 Å². The molecular formula is C13H26ClNO2. The SMILES string of the molecule is CCCCCCCC(=O)NC(CCCl)COC. The fourth-order valence-electron chi connectivity index (χ4n) is 1.72. The molecule has 0 aromatic carbocycles. The Kier molecular flexibility index (Phi) is 12.0. The standard InChI is InChI=1S/C13H26ClNO2/c1-3-4-5-6-7-8-13(16)15-12(9-10-14)11-17-2/h12H,3-11H2,1-2H3,(H,15,16). The molecular weight excluding hydrogens is 238 g/mol. The van der Waals surface area contributed by atoms with Gasteiger partial charge in [-0.3, -0.25) is 4.79 Å². The number of halogens is 1. The van der Waals surface area contributed by atoms with Crippen molar-refractivity contribution in [2.45, 2.75) is 57.9 Å². The molecule has 102 valence electrons. The highest BCUT2D eigenvalue weighted by Gasteiger charge is 2.10. The highest BCUT2D eigenvalue weighted by Crippen LogP contribution is 2.05. The zero-order chi connectivity index (χ0) is 12.9. The first-order chi connectivity index (χ1) is 8.24. The van der Waals surface area contributed by atoms with E-state index in [1.807, 2.05) is 0 Å². The van der Waals surface area contributed by atoms with Crippen molar-refractivity contribution in [2.24, 2.45) is 0 Å². The first-order valence-corrected chi connectivity index (χ1v) is 7.12. The highest BCUT2D eigenvalue weighted by molar-refractivity contribution is 6.17. The first-order valence-electron chi connectivity index (χ1n) is 6.58. The molecule has 1 amide bonds. The predicted molar refractivity (Wildman–Crippen MR) is 72.5 cm³/mol. The minimum Gasteiger partial charge on any atom is -0.383 e. The third kappa shape index (κ3) is 10.6. The number of alkyl halides is 1. The summed E-state index contributed by atoms with van der Waals surface area (Å²) >= 11 is 5.67. The molecule has 0 rings (SSSR count). The lowest BCUT2D eigenvalue weighted by Gasteiger charge is -2.16. The number of amides is 1. The van der Waals surface area contributed by atoms with E-state index in [1.165, 1.54) is 19.3 Å². The summed E-state index contributed by atoms with van der Waals surface area (Å²) in [5.74, 6) is 0.666. The van der Waals surface area contributed by atoms with E-state index in [0.29, 0.717) is 18.9 Å². The maximum atomic E-state index is 11.6. The molecule has 17 heavy (non-hydrogen) atoms. The van der Waals surface area contributed by atoms with Crippen molar-refractivity contribution >= 4 is 17.5 Å². The average Bonchev–Trinajstić information content (AvgIpc) is 2.29. The summed E-state index contributed by atoms with van der Waals surface area (Å²) in [5, 5.41) is 2.96. The molecule has 1 N–H and O–H groups in total. The normalized spacial score (nSPS) is 12.4. The van der Waals surface area contributed by atoms with Gasteiger partial charge in [-0.25, -0.2) is 0 Å². The van der Waals surface area contributed by atoms with E-state index in [2.05, 4.69) is 12.2 Å². The molecule has 0 fully saturated rings. The lowest BCUT2D eigenvalue weighted by Crippen LogP contribution is -2.38. The van der Waals surface area contributed by atoms with Crippen molar-refractivity contribution in [3.8, 4) is 0 Å². The third-order valence-corrected chi connectivity index (χ3v) is 2.92. The summed E-state index contributed by atoms with van der Waals surface area (Å²) in [5.41, 5.74) is 0. The Hall–Kier alpha value is -0.280. The topological polar surface area (TPSA) is 38.3 Å². The molecule has 0 saturated carbocycles. The van der Waals surface area contributed by atoms with Crippen LogP contribution in [0.15, 0.2) is 0 Å². The van der Waals surface area contributed by atoms with Crippen LogP contribution in [0, 0.1) is 0 Å². The van der Waals surface area contributed by atoms with Crippen LogP contribution in [0.25, 0.3) is 0 Å². The fraction of sp³-hybridized carbons (Fsp3) is 0.923. The number of ether oxygens (including phenoxy) is 1. The van der Waals surface area contributed by atoms with Gasteiger partial charge in [-0.15, -0.1) is 11.6 Å². The van der Waals surface area contributed by atoms with E-state index >= 15 is 0 Å². The molecule has 0 aliphatic heterocycles. The Balaban J connectivity index is 3.59. The molecule has 0 heterocycles. The van der Waals surface area contributed by atoms with Crippen LogP contribution in [-0.2, 0) is 9.53 Å². The van der Waals surface area contributed by atoms with Crippen molar-refractivity contribution in [1.82, 2.24) is 5.32 Å². The van der Waals surface area contributed by atoms with Crippen molar-refractivity contribution in [3.63, 3.8) is 0 Å². The molecule has 1 unspecified atom stereocenters. The lowest BCUT2D eigenvalue weighted by atomic mass is 10.1. The minimum absolute atomic E-state index is 0.0561. The van der Waals surface area contributed by atoms with Crippen LogP contribution in [0.3, 0.4) is 0 Å². The first kappa shape index (κ1) is 16.7. The van der Waals surface area contributed by atoms with Crippen LogP contribution in [0.4, 0.5) is 0 Å². The molecule has 3 nitrogen and oxygen atoms in total. The van der Waals surface area contributed by atoms with Crippen molar-refractivity contribution in [1.29, 1.82) is 0 Å². The second kappa shape index (κ2) is 12.2. The molecule has 0 radical (unpaired) electrons. The molecule has 0 saturated heterocycles. The number of methoxy groups -OCH3 is 1. The van der Waals surface area contributed by atoms with Gasteiger partial charge in [0, 0.05) is 19.4 Å². The second-order valence-electron chi connectivity index (χ2n) is 4.36. The third-order valence-electron chi connectivity index (χ3n) is 2.70. The van der Waals surface area contributed by atoms with E-state index in [0.717, 1.165) is 19.3 Å². The second-order valence-corrected chi connectivity index (χ2v) is 4.74. The van der Waals surface area contributed by atoms with Gasteiger partial charge < -0.3 is 10.1 Å². The lowest BCUT2D eigenvalue weighted by molar-refractivity contribution is -0.122. The summed E-state index contributed by atoms with van der Waals surface area (Å²) in [6.45, 7) is 2.72. The van der Waals surface area contributed by atoms with E-state index in [9.17, 15) is 4.79 Å². The van der Waals surface area contributed by atoms with Crippen molar-refractivity contribution in [3.05, 3.63) is 0 Å². The van der Waals surface area contributed by atoms with E-state index in [-0.39, 0.29) is 11.9 Å². The number of carbonyl (C=O) groups is 1. The van der Waals surface area contributed by atoms with Crippen molar-refractivity contribution < 1.29 is 9.53 Å². The molecule has 0 bridgehead atoms. The Bertz CT molecular complexity index is 182. The number of nitrogens with one attached hydrogen (secondary N) is 1. The van der Waals surface area contributed by atoms with Crippen LogP contribution in [-0.4, -0.2) is 31.5 Å². The van der Waals surface area contributed by atoms with Gasteiger partial charge in [-0.05, 0) is 12.8 Å². The zero-order valence-corrected chi connectivity index (χ0v) is 11.9. The van der Waals surface area contributed by atoms with Crippen LogP contribution in [0.2, 0.25) is 0 Å². The van der Waals surface area contributed by atoms with Gasteiger partial charge in [0.25, 0.3) is 0 Å². The summed E-state index contributed by atoms with van der Waals surface area (Å²) in [4.78, 5) is 11.6. The van der Waals surface area contributed by atoms with E-state index in [4.69, 9.17) is 16.3 Å². The van der Waals surface area contributed by atoms with Crippen LogP contribution >= 0.6 is 11.6 Å².